The van der Waals surface area contributed by atoms with E-state index in [4.69, 9.17) is 4.74 Å². The molecule has 0 aromatic rings. The van der Waals surface area contributed by atoms with Gasteiger partial charge < -0.3 is 20.3 Å². The summed E-state index contributed by atoms with van der Waals surface area (Å²) in [5.74, 6) is -0.0000890. The summed E-state index contributed by atoms with van der Waals surface area (Å²) in [5, 5.41) is 23.5. The second-order valence-electron chi connectivity index (χ2n) is 30.2. The molecule has 2 atom stereocenters. The van der Waals surface area contributed by atoms with Crippen molar-refractivity contribution >= 4 is 11.9 Å². The Morgan fingerprint density at radius 2 is 0.505 bits per heavy atom. The van der Waals surface area contributed by atoms with Gasteiger partial charge in [-0.15, -0.1) is 0 Å². The smallest absolute Gasteiger partial charge is 0.305 e. The molecular formula is C87H171NO5. The Balaban J connectivity index is 3.33. The normalized spacial score (nSPS) is 12.4. The molecule has 0 aliphatic heterocycles. The van der Waals surface area contributed by atoms with Gasteiger partial charge in [-0.2, -0.15) is 0 Å². The van der Waals surface area contributed by atoms with Gasteiger partial charge in [-0.3, -0.25) is 9.59 Å². The topological polar surface area (TPSA) is 95.9 Å². The number of carbonyl (C=O) groups is 2. The van der Waals surface area contributed by atoms with Crippen LogP contribution in [0, 0.1) is 0 Å². The first-order valence-electron chi connectivity index (χ1n) is 43.4. The molecule has 0 aliphatic carbocycles. The van der Waals surface area contributed by atoms with Gasteiger partial charge in [-0.25, -0.2) is 0 Å². The first-order chi connectivity index (χ1) is 46.0. The fraction of sp³-hybridized carbons (Fsp3) is 0.954. The average molecular weight is 1310 g/mol. The molecule has 554 valence electrons. The standard InChI is InChI=1S/C87H171NO5/c1-3-5-7-9-11-13-15-17-19-21-23-24-25-37-40-44-47-51-55-59-63-67-71-75-79-85(90)84(83-89)88-86(91)80-76-72-68-64-60-56-52-48-45-41-38-35-33-31-29-27-26-28-30-32-34-36-39-42-46-50-54-58-62-66-70-74-78-82-93-87(92)81-77-73-69-65-61-57-53-49-43-22-20-18-16-14-12-10-8-6-4-2/h30,32,84-85,89-90H,3-29,31,33-83H2,1-2H3,(H,88,91)/b32-30-. The summed E-state index contributed by atoms with van der Waals surface area (Å²) in [7, 11) is 0. The summed E-state index contributed by atoms with van der Waals surface area (Å²) < 4.78 is 5.52. The third-order valence-electron chi connectivity index (χ3n) is 20.8. The molecule has 3 N–H and O–H groups in total. The van der Waals surface area contributed by atoms with Crippen LogP contribution in [-0.2, 0) is 14.3 Å². The van der Waals surface area contributed by atoms with E-state index >= 15 is 0 Å². The average Bonchev–Trinajstić information content (AvgIpc) is 3.78. The van der Waals surface area contributed by atoms with Crippen LogP contribution in [0.2, 0.25) is 0 Å². The maximum Gasteiger partial charge on any atom is 0.305 e. The highest BCUT2D eigenvalue weighted by atomic mass is 16.5. The lowest BCUT2D eigenvalue weighted by Gasteiger charge is -2.22. The third kappa shape index (κ3) is 79.5. The molecule has 2 unspecified atom stereocenters. The monoisotopic (exact) mass is 1310 g/mol. The third-order valence-corrected chi connectivity index (χ3v) is 20.8. The van der Waals surface area contributed by atoms with E-state index in [9.17, 15) is 19.8 Å². The minimum absolute atomic E-state index is 0.0251. The minimum Gasteiger partial charge on any atom is -0.466 e. The summed E-state index contributed by atoms with van der Waals surface area (Å²) in [6.45, 7) is 5.03. The van der Waals surface area contributed by atoms with Gasteiger partial charge in [-0.05, 0) is 51.4 Å². The lowest BCUT2D eigenvalue weighted by Crippen LogP contribution is -2.45. The molecule has 0 heterocycles. The number of allylic oxidation sites excluding steroid dienone is 2. The van der Waals surface area contributed by atoms with E-state index in [-0.39, 0.29) is 18.5 Å². The van der Waals surface area contributed by atoms with Crippen molar-refractivity contribution < 1.29 is 24.5 Å². The zero-order chi connectivity index (χ0) is 67.0. The zero-order valence-corrected chi connectivity index (χ0v) is 63.8. The number of rotatable bonds is 83. The predicted octanol–water partition coefficient (Wildman–Crippen LogP) is 29.0. The van der Waals surface area contributed by atoms with Crippen LogP contribution in [0.15, 0.2) is 12.2 Å². The Kier molecular flexibility index (Phi) is 81.8. The number of nitrogens with one attached hydrogen (secondary N) is 1. The van der Waals surface area contributed by atoms with Crippen molar-refractivity contribution in [2.45, 2.75) is 520 Å². The van der Waals surface area contributed by atoms with Crippen molar-refractivity contribution in [1.82, 2.24) is 5.32 Å². The number of unbranched alkanes of at least 4 members (excludes halogenated alkanes) is 70. The molecule has 0 radical (unpaired) electrons. The first kappa shape index (κ1) is 91.6. The number of aliphatic hydroxyl groups excluding tert-OH is 2. The summed E-state index contributed by atoms with van der Waals surface area (Å²) in [4.78, 5) is 24.7. The lowest BCUT2D eigenvalue weighted by molar-refractivity contribution is -0.143. The second-order valence-corrected chi connectivity index (χ2v) is 30.2. The molecule has 0 fully saturated rings. The van der Waals surface area contributed by atoms with Gasteiger partial charge >= 0.3 is 5.97 Å². The molecule has 0 saturated heterocycles. The lowest BCUT2D eigenvalue weighted by atomic mass is 10.0. The van der Waals surface area contributed by atoms with E-state index in [1.54, 1.807) is 0 Å². The number of ether oxygens (including phenoxy) is 1. The molecule has 6 nitrogen and oxygen atoms in total. The molecule has 0 rings (SSSR count). The number of aliphatic hydroxyl groups is 2. The minimum atomic E-state index is -0.663. The highest BCUT2D eigenvalue weighted by Crippen LogP contribution is 2.21. The molecule has 0 bridgehead atoms. The van der Waals surface area contributed by atoms with Gasteiger partial charge in [0, 0.05) is 12.8 Å². The van der Waals surface area contributed by atoms with Crippen molar-refractivity contribution in [3.63, 3.8) is 0 Å². The van der Waals surface area contributed by atoms with Crippen LogP contribution < -0.4 is 5.32 Å². The maximum absolute atomic E-state index is 12.6. The summed E-state index contributed by atoms with van der Waals surface area (Å²) in [6, 6.07) is -0.540. The van der Waals surface area contributed by atoms with Crippen molar-refractivity contribution in [2.75, 3.05) is 13.2 Å². The van der Waals surface area contributed by atoms with E-state index in [1.165, 1.54) is 437 Å². The molecular weight excluding hydrogens is 1140 g/mol. The SMILES string of the molecule is CCCCCCCCCCCCCCCCCCCCCCCCCCC(O)C(CO)NC(=O)CCCCCCCCCCCCCCCCCCC/C=C\CCCCCCCCCCCCCCOC(=O)CCCCCCCCCCCCCCCCCCCCC. The Hall–Kier alpha value is -1.40. The highest BCUT2D eigenvalue weighted by molar-refractivity contribution is 5.76. The van der Waals surface area contributed by atoms with Gasteiger partial charge in [0.2, 0.25) is 5.91 Å². The summed E-state index contributed by atoms with van der Waals surface area (Å²) >= 11 is 0. The molecule has 0 aliphatic rings. The van der Waals surface area contributed by atoms with E-state index in [2.05, 4.69) is 31.3 Å². The van der Waals surface area contributed by atoms with E-state index < -0.39 is 12.1 Å². The van der Waals surface area contributed by atoms with Crippen LogP contribution in [0.5, 0.6) is 0 Å². The molecule has 1 amide bonds. The van der Waals surface area contributed by atoms with Gasteiger partial charge in [-0.1, -0.05) is 456 Å². The first-order valence-corrected chi connectivity index (χ1v) is 43.4. The zero-order valence-electron chi connectivity index (χ0n) is 63.8. The van der Waals surface area contributed by atoms with Crippen LogP contribution >= 0.6 is 0 Å². The van der Waals surface area contributed by atoms with Crippen molar-refractivity contribution in [3.8, 4) is 0 Å². The van der Waals surface area contributed by atoms with Crippen LogP contribution in [0.4, 0.5) is 0 Å². The molecule has 0 spiro atoms. The number of carbonyl (C=O) groups excluding carboxylic acids is 2. The number of hydrogen-bond donors (Lipinski definition) is 3. The van der Waals surface area contributed by atoms with Crippen molar-refractivity contribution in [3.05, 3.63) is 12.2 Å². The number of esters is 1. The highest BCUT2D eigenvalue weighted by Gasteiger charge is 2.20. The maximum atomic E-state index is 12.6. The Morgan fingerprint density at radius 3 is 0.763 bits per heavy atom. The molecule has 0 aromatic heterocycles. The van der Waals surface area contributed by atoms with Crippen molar-refractivity contribution in [2.24, 2.45) is 0 Å². The molecule has 6 heteroatoms. The van der Waals surface area contributed by atoms with Gasteiger partial charge in [0.05, 0.1) is 25.4 Å². The van der Waals surface area contributed by atoms with E-state index in [0.717, 1.165) is 38.5 Å². The van der Waals surface area contributed by atoms with Crippen LogP contribution in [-0.4, -0.2) is 47.4 Å². The van der Waals surface area contributed by atoms with Crippen LogP contribution in [0.3, 0.4) is 0 Å². The van der Waals surface area contributed by atoms with Gasteiger partial charge in [0.15, 0.2) is 0 Å². The van der Waals surface area contributed by atoms with E-state index in [0.29, 0.717) is 25.9 Å². The second kappa shape index (κ2) is 83.0. The number of amides is 1. The summed E-state index contributed by atoms with van der Waals surface area (Å²) in [5.41, 5.74) is 0. The molecule has 0 aromatic carbocycles. The molecule has 93 heavy (non-hydrogen) atoms. The number of hydrogen-bond acceptors (Lipinski definition) is 5. The fourth-order valence-electron chi connectivity index (χ4n) is 14.2. The largest absolute Gasteiger partial charge is 0.466 e. The Bertz CT molecular complexity index is 1420. The van der Waals surface area contributed by atoms with Gasteiger partial charge in [0.25, 0.3) is 0 Å². The van der Waals surface area contributed by atoms with Crippen LogP contribution in [0.1, 0.15) is 508 Å². The molecule has 0 saturated carbocycles. The van der Waals surface area contributed by atoms with E-state index in [1.807, 2.05) is 0 Å². The Labute approximate surface area is 584 Å². The predicted molar refractivity (Wildman–Crippen MR) is 412 cm³/mol. The summed E-state index contributed by atoms with van der Waals surface area (Å²) in [6.07, 6.45) is 106. The quantitative estimate of drug-likeness (QED) is 0.0320. The van der Waals surface area contributed by atoms with Gasteiger partial charge in [0.1, 0.15) is 0 Å². The van der Waals surface area contributed by atoms with Crippen LogP contribution in [0.25, 0.3) is 0 Å². The Morgan fingerprint density at radius 1 is 0.290 bits per heavy atom. The van der Waals surface area contributed by atoms with Crippen molar-refractivity contribution in [1.29, 1.82) is 0 Å². The fourth-order valence-corrected chi connectivity index (χ4v) is 14.2.